The number of benzodiazepines with no additional fused rings is 1. The fraction of sp³-hybridized carbons (Fsp3) is 0.133. The van der Waals surface area contributed by atoms with Crippen molar-refractivity contribution in [2.24, 2.45) is 10.1 Å². The molecule has 1 atom stereocenters. The maximum atomic E-state index is 13.3. The van der Waals surface area contributed by atoms with Crippen LogP contribution in [0.4, 0.5) is 30.2 Å². The zero-order valence-corrected chi connectivity index (χ0v) is 27.1. The van der Waals surface area contributed by atoms with Crippen molar-refractivity contribution in [3.8, 4) is 0 Å². The fourth-order valence-electron chi connectivity index (χ4n) is 5.02. The Morgan fingerprint density at radius 2 is 1.65 bits per heavy atom. The van der Waals surface area contributed by atoms with E-state index in [2.05, 4.69) is 20.3 Å². The smallest absolute Gasteiger partial charge is 0.368 e. The molecular formula is C30H24ClF3N6O7S2. The van der Waals surface area contributed by atoms with E-state index >= 15 is 0 Å². The number of anilines is 2. The highest BCUT2D eigenvalue weighted by Crippen LogP contribution is 2.39. The summed E-state index contributed by atoms with van der Waals surface area (Å²) >= 11 is 6.20. The van der Waals surface area contributed by atoms with Crippen LogP contribution in [-0.2, 0) is 37.4 Å². The Kier molecular flexibility index (Phi) is 9.80. The summed E-state index contributed by atoms with van der Waals surface area (Å²) in [5.41, 5.74) is 0.833. The number of non-ortho nitro benzene ring substituents is 1. The van der Waals surface area contributed by atoms with E-state index < -0.39 is 52.7 Å². The molecule has 0 saturated carbocycles. The molecule has 0 radical (unpaired) electrons. The zero-order valence-electron chi connectivity index (χ0n) is 24.7. The quantitative estimate of drug-likeness (QED) is 0.167. The maximum Gasteiger partial charge on any atom is 0.417 e. The third-order valence-electron chi connectivity index (χ3n) is 7.15. The molecule has 2 aliphatic heterocycles. The molecule has 19 heteroatoms. The minimum Gasteiger partial charge on any atom is -0.368 e. The molecule has 0 spiro atoms. The largest absolute Gasteiger partial charge is 0.417 e. The van der Waals surface area contributed by atoms with Crippen LogP contribution in [0.3, 0.4) is 0 Å². The summed E-state index contributed by atoms with van der Waals surface area (Å²) in [5, 5.41) is 21.7. The van der Waals surface area contributed by atoms with Crippen LogP contribution in [0.15, 0.2) is 99.7 Å². The lowest BCUT2D eigenvalue weighted by Crippen LogP contribution is -2.46. The normalized spacial score (nSPS) is 16.7. The molecule has 1 amide bonds. The number of nitro groups is 1. The van der Waals surface area contributed by atoms with Gasteiger partial charge in [-0.25, -0.2) is 22.0 Å². The standard InChI is InChI=1S/C15H10ClN3O3.C15H14F3N3O4S2/c16-12-4-2-1-3-10(12)15-11-7-9(19(21)22)5-6-13(11)18-14(20)8-17-15;16-15(17,18)10-7-11-13(8-12(10)26(19,22)23)27(24,25)21-14(20-11)6-9-4-2-1-3-5-9/h1-7H,8H2,(H,18,20);1-5,7-8,14,20-21H,6H2,(H2,19,22,23). The van der Waals surface area contributed by atoms with Crippen LogP contribution >= 0.6 is 11.6 Å². The summed E-state index contributed by atoms with van der Waals surface area (Å²) in [7, 11) is -9.06. The van der Waals surface area contributed by atoms with E-state index in [4.69, 9.17) is 16.7 Å². The third-order valence-corrected chi connectivity index (χ3v) is 9.94. The van der Waals surface area contributed by atoms with Crippen molar-refractivity contribution in [3.63, 3.8) is 0 Å². The summed E-state index contributed by atoms with van der Waals surface area (Å²) < 4.78 is 90.1. The molecule has 1 unspecified atom stereocenters. The van der Waals surface area contributed by atoms with E-state index in [9.17, 15) is 44.9 Å². The molecule has 6 rings (SSSR count). The van der Waals surface area contributed by atoms with E-state index in [-0.39, 0.29) is 30.2 Å². The van der Waals surface area contributed by atoms with Crippen LogP contribution < -0.4 is 20.5 Å². The van der Waals surface area contributed by atoms with Gasteiger partial charge in [-0.3, -0.25) is 19.9 Å². The first-order chi connectivity index (χ1) is 22.9. The van der Waals surface area contributed by atoms with E-state index in [1.165, 1.54) is 18.2 Å². The van der Waals surface area contributed by atoms with Crippen LogP contribution in [0.2, 0.25) is 5.02 Å². The Morgan fingerprint density at radius 1 is 0.980 bits per heavy atom. The number of nitrogens with one attached hydrogen (secondary N) is 3. The highest BCUT2D eigenvalue weighted by molar-refractivity contribution is 7.90. The van der Waals surface area contributed by atoms with Gasteiger partial charge in [0.15, 0.2) is 0 Å². The fourth-order valence-corrected chi connectivity index (χ4v) is 7.41. The van der Waals surface area contributed by atoms with E-state index in [1.54, 1.807) is 54.6 Å². The molecule has 49 heavy (non-hydrogen) atoms. The number of primary sulfonamides is 1. The predicted octanol–water partition coefficient (Wildman–Crippen LogP) is 4.66. The van der Waals surface area contributed by atoms with Gasteiger partial charge in [0.1, 0.15) is 11.4 Å². The maximum absolute atomic E-state index is 13.3. The number of nitro benzene ring substituents is 1. The molecule has 256 valence electrons. The first-order valence-corrected chi connectivity index (χ1v) is 17.3. The number of nitrogens with zero attached hydrogens (tertiary/aromatic N) is 2. The van der Waals surface area contributed by atoms with Gasteiger partial charge in [-0.1, -0.05) is 60.1 Å². The SMILES string of the molecule is NS(=O)(=O)c1cc2c(cc1C(F)(F)F)NC(Cc1ccccc1)NS2(=O)=O.O=C1CN=C(c2ccccc2Cl)c2cc([N+](=O)[O-])ccc2N1. The number of halogens is 4. The molecule has 0 saturated heterocycles. The van der Waals surface area contributed by atoms with Gasteiger partial charge in [0.05, 0.1) is 38.6 Å². The minimum absolute atomic E-state index is 0.0664. The Labute approximate surface area is 282 Å². The summed E-state index contributed by atoms with van der Waals surface area (Å²) in [5.74, 6) is -0.280. The number of aliphatic imine (C=N–C) groups is 1. The number of amides is 1. The van der Waals surface area contributed by atoms with Crippen molar-refractivity contribution < 1.29 is 39.7 Å². The highest BCUT2D eigenvalue weighted by Gasteiger charge is 2.40. The number of fused-ring (bicyclic) bond motifs is 2. The van der Waals surface area contributed by atoms with Crippen molar-refractivity contribution in [2.75, 3.05) is 17.2 Å². The number of carbonyl (C=O) groups excluding carboxylic acids is 1. The minimum atomic E-state index is -5.04. The van der Waals surface area contributed by atoms with E-state index in [1.807, 2.05) is 0 Å². The average Bonchev–Trinajstić information content (AvgIpc) is 3.18. The van der Waals surface area contributed by atoms with Crippen molar-refractivity contribution in [3.05, 3.63) is 122 Å². The Balaban J connectivity index is 0.000000195. The number of hydrogen-bond donors (Lipinski definition) is 4. The number of rotatable bonds is 5. The zero-order chi connectivity index (χ0) is 35.7. The molecule has 4 aromatic carbocycles. The van der Waals surface area contributed by atoms with Crippen molar-refractivity contribution in [1.82, 2.24) is 4.72 Å². The molecule has 2 aliphatic rings. The van der Waals surface area contributed by atoms with Crippen LogP contribution in [0.25, 0.3) is 0 Å². The number of benzene rings is 4. The summed E-state index contributed by atoms with van der Waals surface area (Å²) in [6.07, 6.45) is -5.79. The molecule has 5 N–H and O–H groups in total. The molecular weight excluding hydrogens is 713 g/mol. The molecule has 0 aromatic heterocycles. The lowest BCUT2D eigenvalue weighted by atomic mass is 10.00. The number of carbonyl (C=O) groups is 1. The Hall–Kier alpha value is -4.88. The van der Waals surface area contributed by atoms with E-state index in [0.717, 1.165) is 5.56 Å². The molecule has 4 aromatic rings. The van der Waals surface area contributed by atoms with Gasteiger partial charge in [0.25, 0.3) is 5.69 Å². The second kappa shape index (κ2) is 13.6. The topological polar surface area (TPSA) is 203 Å². The summed E-state index contributed by atoms with van der Waals surface area (Å²) in [4.78, 5) is 24.6. The average molecular weight is 737 g/mol. The lowest BCUT2D eigenvalue weighted by Gasteiger charge is -2.29. The van der Waals surface area contributed by atoms with Gasteiger partial charge in [-0.2, -0.15) is 17.9 Å². The second-order valence-corrected chi connectivity index (χ2v) is 14.2. The Bertz CT molecular complexity index is 2220. The third kappa shape index (κ3) is 8.06. The van der Waals surface area contributed by atoms with Crippen LogP contribution in [0.5, 0.6) is 0 Å². The van der Waals surface area contributed by atoms with Gasteiger partial charge in [-0.05, 0) is 29.8 Å². The lowest BCUT2D eigenvalue weighted by molar-refractivity contribution is -0.384. The molecule has 13 nitrogen and oxygen atoms in total. The van der Waals surface area contributed by atoms with Crippen molar-refractivity contribution in [2.45, 2.75) is 28.6 Å². The number of alkyl halides is 3. The van der Waals surface area contributed by atoms with Crippen LogP contribution in [0, 0.1) is 10.1 Å². The van der Waals surface area contributed by atoms with Gasteiger partial charge >= 0.3 is 6.18 Å². The highest BCUT2D eigenvalue weighted by atomic mass is 35.5. The molecule has 2 heterocycles. The molecule has 0 bridgehead atoms. The second-order valence-electron chi connectivity index (χ2n) is 10.6. The van der Waals surface area contributed by atoms with Gasteiger partial charge in [0.2, 0.25) is 26.0 Å². The molecule has 0 aliphatic carbocycles. The summed E-state index contributed by atoms with van der Waals surface area (Å²) in [6, 6.07) is 20.8. The number of sulfonamides is 2. The van der Waals surface area contributed by atoms with Gasteiger partial charge in [-0.15, -0.1) is 0 Å². The summed E-state index contributed by atoms with van der Waals surface area (Å²) in [6.45, 7) is -0.0664. The van der Waals surface area contributed by atoms with Crippen molar-refractivity contribution in [1.29, 1.82) is 0 Å². The molecule has 0 fully saturated rings. The van der Waals surface area contributed by atoms with E-state index in [0.29, 0.717) is 39.7 Å². The first kappa shape index (κ1) is 35.4. The monoisotopic (exact) mass is 736 g/mol. The van der Waals surface area contributed by atoms with Crippen LogP contribution in [0.1, 0.15) is 22.3 Å². The van der Waals surface area contributed by atoms with Crippen LogP contribution in [-0.4, -0.2) is 46.1 Å². The number of hydrogen-bond acceptors (Lipinski definition) is 9. The van der Waals surface area contributed by atoms with Gasteiger partial charge in [0, 0.05) is 34.7 Å². The van der Waals surface area contributed by atoms with Crippen molar-refractivity contribution >= 4 is 60.3 Å². The van der Waals surface area contributed by atoms with Gasteiger partial charge < -0.3 is 10.6 Å². The predicted molar refractivity (Wildman–Crippen MR) is 174 cm³/mol. The first-order valence-electron chi connectivity index (χ1n) is 13.9. The number of nitrogens with two attached hydrogens (primary N) is 1. The Morgan fingerprint density at radius 3 is 2.29 bits per heavy atom.